The van der Waals surface area contributed by atoms with Gasteiger partial charge in [0.15, 0.2) is 0 Å². The molecule has 0 radical (unpaired) electrons. The van der Waals surface area contributed by atoms with E-state index in [1.165, 1.54) is 34.5 Å². The molecule has 0 unspecified atom stereocenters. The quantitative estimate of drug-likeness (QED) is 0.738. The highest BCUT2D eigenvalue weighted by atomic mass is 19.4. The fraction of sp³-hybridized carbons (Fsp3) is 0.263. The first kappa shape index (κ1) is 18.8. The van der Waals surface area contributed by atoms with Crippen LogP contribution in [0.4, 0.5) is 18.9 Å². The van der Waals surface area contributed by atoms with Crippen molar-refractivity contribution in [3.63, 3.8) is 0 Å². The van der Waals surface area contributed by atoms with Crippen molar-refractivity contribution in [3.8, 4) is 5.75 Å². The van der Waals surface area contributed by atoms with Crippen molar-refractivity contribution in [1.82, 2.24) is 9.38 Å². The number of amides is 1. The van der Waals surface area contributed by atoms with Gasteiger partial charge in [0, 0.05) is 18.9 Å². The van der Waals surface area contributed by atoms with E-state index in [1.54, 1.807) is 12.1 Å². The summed E-state index contributed by atoms with van der Waals surface area (Å²) in [5.74, 6) is -0.424. The molecule has 0 atom stereocenters. The zero-order valence-electron chi connectivity index (χ0n) is 14.8. The van der Waals surface area contributed by atoms with Crippen LogP contribution in [0.2, 0.25) is 0 Å². The second kappa shape index (κ2) is 6.94. The van der Waals surface area contributed by atoms with Gasteiger partial charge < -0.3 is 10.0 Å². The van der Waals surface area contributed by atoms with Gasteiger partial charge in [0.25, 0.3) is 5.91 Å². The van der Waals surface area contributed by atoms with Crippen LogP contribution in [0.3, 0.4) is 0 Å². The largest absolute Gasteiger partial charge is 0.508 e. The lowest BCUT2D eigenvalue weighted by atomic mass is 10.2. The number of phenolic OH excluding ortho intramolecular Hbond substituents is 1. The average Bonchev–Trinajstić information content (AvgIpc) is 2.98. The van der Waals surface area contributed by atoms with Gasteiger partial charge in [-0.05, 0) is 42.8 Å². The van der Waals surface area contributed by atoms with Gasteiger partial charge in [0.05, 0.1) is 11.3 Å². The number of pyridine rings is 1. The summed E-state index contributed by atoms with van der Waals surface area (Å²) in [6.45, 7) is 1.91. The van der Waals surface area contributed by atoms with E-state index in [1.807, 2.05) is 6.92 Å². The van der Waals surface area contributed by atoms with Crippen molar-refractivity contribution in [1.29, 1.82) is 0 Å². The summed E-state index contributed by atoms with van der Waals surface area (Å²) in [4.78, 5) is 18.7. The topological polar surface area (TPSA) is 57.8 Å². The minimum Gasteiger partial charge on any atom is -0.508 e. The Labute approximate surface area is 153 Å². The van der Waals surface area contributed by atoms with Gasteiger partial charge in [-0.15, -0.1) is 0 Å². The lowest BCUT2D eigenvalue weighted by molar-refractivity contribution is -0.137. The monoisotopic (exact) mass is 377 g/mol. The summed E-state index contributed by atoms with van der Waals surface area (Å²) < 4.78 is 40.5. The molecule has 5 nitrogen and oxygen atoms in total. The fourth-order valence-electron chi connectivity index (χ4n) is 2.85. The number of carbonyl (C=O) groups is 1. The van der Waals surface area contributed by atoms with E-state index in [4.69, 9.17) is 0 Å². The second-order valence-corrected chi connectivity index (χ2v) is 6.18. The number of alkyl halides is 3. The molecule has 1 N–H and O–H groups in total. The number of fused-ring (bicyclic) bond motifs is 1. The summed E-state index contributed by atoms with van der Waals surface area (Å²) in [7, 11) is 1.53. The number of phenols is 1. The van der Waals surface area contributed by atoms with Crippen LogP contribution in [-0.2, 0) is 12.6 Å². The van der Waals surface area contributed by atoms with E-state index in [0.29, 0.717) is 24.2 Å². The first-order valence-electron chi connectivity index (χ1n) is 8.37. The zero-order chi connectivity index (χ0) is 19.8. The third-order valence-electron chi connectivity index (χ3n) is 4.25. The van der Waals surface area contributed by atoms with Gasteiger partial charge in [-0.2, -0.15) is 13.2 Å². The molecule has 0 bridgehead atoms. The molecule has 142 valence electrons. The number of halogens is 3. The van der Waals surface area contributed by atoms with Crippen LogP contribution in [0.25, 0.3) is 5.65 Å². The molecule has 2 aromatic heterocycles. The number of imidazole rings is 1. The van der Waals surface area contributed by atoms with E-state index in [-0.39, 0.29) is 17.1 Å². The van der Waals surface area contributed by atoms with Crippen LogP contribution in [0.5, 0.6) is 5.75 Å². The van der Waals surface area contributed by atoms with E-state index in [2.05, 4.69) is 4.98 Å². The van der Waals surface area contributed by atoms with Crippen molar-refractivity contribution in [2.45, 2.75) is 25.9 Å². The summed E-state index contributed by atoms with van der Waals surface area (Å²) >= 11 is 0. The fourth-order valence-corrected chi connectivity index (χ4v) is 2.85. The minimum atomic E-state index is -4.52. The Morgan fingerprint density at radius 3 is 2.44 bits per heavy atom. The van der Waals surface area contributed by atoms with E-state index in [9.17, 15) is 23.1 Å². The van der Waals surface area contributed by atoms with Crippen LogP contribution in [-0.4, -0.2) is 27.4 Å². The van der Waals surface area contributed by atoms with E-state index >= 15 is 0 Å². The Hall–Kier alpha value is -3.03. The summed E-state index contributed by atoms with van der Waals surface area (Å²) in [6, 6.07) is 8.19. The normalized spacial score (nSPS) is 11.7. The molecule has 1 aromatic carbocycles. The van der Waals surface area contributed by atoms with Gasteiger partial charge >= 0.3 is 6.18 Å². The lowest BCUT2D eigenvalue weighted by Crippen LogP contribution is -2.28. The van der Waals surface area contributed by atoms with Crippen LogP contribution in [0, 0.1) is 0 Å². The Kier molecular flexibility index (Phi) is 4.82. The number of hydrogen-bond acceptors (Lipinski definition) is 3. The van der Waals surface area contributed by atoms with Gasteiger partial charge in [0.1, 0.15) is 17.1 Å². The van der Waals surface area contributed by atoms with Crippen molar-refractivity contribution in [3.05, 3.63) is 59.5 Å². The van der Waals surface area contributed by atoms with Gasteiger partial charge in [0.2, 0.25) is 0 Å². The highest BCUT2D eigenvalue weighted by Gasteiger charge is 2.32. The SMILES string of the molecule is CCCc1nc2ccc(C(F)(F)F)cn2c1C(=O)N(C)c1ccc(O)cc1. The number of rotatable bonds is 4. The molecule has 3 rings (SSSR count). The Bertz CT molecular complexity index is 978. The maximum absolute atomic E-state index is 13.1. The van der Waals surface area contributed by atoms with Crippen LogP contribution in [0.1, 0.15) is 35.1 Å². The maximum Gasteiger partial charge on any atom is 0.417 e. The Morgan fingerprint density at radius 2 is 1.85 bits per heavy atom. The molecular weight excluding hydrogens is 359 g/mol. The van der Waals surface area contributed by atoms with Crippen molar-refractivity contribution in [2.75, 3.05) is 11.9 Å². The third kappa shape index (κ3) is 3.60. The second-order valence-electron chi connectivity index (χ2n) is 6.18. The summed E-state index contributed by atoms with van der Waals surface area (Å²) in [5, 5.41) is 9.40. The van der Waals surface area contributed by atoms with Crippen LogP contribution in [0.15, 0.2) is 42.6 Å². The number of anilines is 1. The predicted molar refractivity (Wildman–Crippen MR) is 95.0 cm³/mol. The molecule has 0 saturated carbocycles. The van der Waals surface area contributed by atoms with Crippen molar-refractivity contribution >= 4 is 17.2 Å². The standard InChI is InChI=1S/C19H18F3N3O2/c1-3-4-15-17(18(27)24(2)13-6-8-14(26)9-7-13)25-11-12(19(20,21)22)5-10-16(25)23-15/h5-11,26H,3-4H2,1-2H3. The maximum atomic E-state index is 13.1. The van der Waals surface area contributed by atoms with Gasteiger partial charge in [-0.3, -0.25) is 9.20 Å². The molecule has 8 heteroatoms. The number of benzene rings is 1. The minimum absolute atomic E-state index is 0.0518. The first-order valence-corrected chi connectivity index (χ1v) is 8.37. The third-order valence-corrected chi connectivity index (χ3v) is 4.25. The molecule has 2 heterocycles. The molecule has 0 fully saturated rings. The first-order chi connectivity index (χ1) is 12.7. The predicted octanol–water partition coefficient (Wildman–Crippen LogP) is 4.29. The average molecular weight is 377 g/mol. The number of carbonyl (C=O) groups excluding carboxylic acids is 1. The Morgan fingerprint density at radius 1 is 1.19 bits per heavy atom. The van der Waals surface area contributed by atoms with Crippen molar-refractivity contribution < 1.29 is 23.1 Å². The number of nitrogens with zero attached hydrogens (tertiary/aromatic N) is 3. The molecule has 0 aliphatic carbocycles. The molecule has 3 aromatic rings. The van der Waals surface area contributed by atoms with Crippen LogP contribution >= 0.6 is 0 Å². The highest BCUT2D eigenvalue weighted by Crippen LogP contribution is 2.30. The Balaban J connectivity index is 2.13. The molecule has 1 amide bonds. The number of hydrogen-bond donors (Lipinski definition) is 1. The summed E-state index contributed by atoms with van der Waals surface area (Å²) in [6.07, 6.45) is -2.46. The van der Waals surface area contributed by atoms with E-state index < -0.39 is 17.6 Å². The van der Waals surface area contributed by atoms with Crippen LogP contribution < -0.4 is 4.90 Å². The molecule has 0 aliphatic rings. The highest BCUT2D eigenvalue weighted by molar-refractivity contribution is 6.06. The van der Waals surface area contributed by atoms with Gasteiger partial charge in [-0.1, -0.05) is 13.3 Å². The number of aromatic hydroxyl groups is 1. The molecule has 0 saturated heterocycles. The molecule has 27 heavy (non-hydrogen) atoms. The molecular formula is C19H18F3N3O2. The smallest absolute Gasteiger partial charge is 0.417 e. The zero-order valence-corrected chi connectivity index (χ0v) is 14.8. The summed E-state index contributed by atoms with van der Waals surface area (Å²) in [5.41, 5.74) is 0.494. The van der Waals surface area contributed by atoms with Crippen molar-refractivity contribution in [2.24, 2.45) is 0 Å². The molecule has 0 spiro atoms. The number of aromatic nitrogens is 2. The molecule has 0 aliphatic heterocycles. The number of aryl methyl sites for hydroxylation is 1. The lowest BCUT2D eigenvalue weighted by Gasteiger charge is -2.18. The van der Waals surface area contributed by atoms with E-state index in [0.717, 1.165) is 12.3 Å². The van der Waals surface area contributed by atoms with Gasteiger partial charge in [-0.25, -0.2) is 4.98 Å².